The lowest BCUT2D eigenvalue weighted by Gasteiger charge is -1.90. The fraction of sp³-hybridized carbons (Fsp3) is 0.167. The Hall–Kier alpha value is -0.770. The number of rotatable bonds is 1. The number of hydrogen-bond donors (Lipinski definition) is 0. The molecule has 1 aromatic heterocycles. The molecule has 10 heavy (non-hydrogen) atoms. The summed E-state index contributed by atoms with van der Waals surface area (Å²) >= 11 is 3.11. The first-order valence-electron chi connectivity index (χ1n) is 2.68. The zero-order valence-corrected chi connectivity index (χ0v) is 6.96. The highest BCUT2D eigenvalue weighted by Crippen LogP contribution is 2.11. The van der Waals surface area contributed by atoms with Crippen molar-refractivity contribution in [3.8, 4) is 0 Å². The van der Waals surface area contributed by atoms with Crippen LogP contribution in [0.15, 0.2) is 21.2 Å². The molecule has 0 spiro atoms. The molecular formula is C6H6BrNO2. The van der Waals surface area contributed by atoms with Gasteiger partial charge in [0.05, 0.1) is 0 Å². The minimum Gasteiger partial charge on any atom is -0.624 e. The van der Waals surface area contributed by atoms with Gasteiger partial charge in [-0.15, -0.1) is 0 Å². The molecule has 0 amide bonds. The standard InChI is InChI=1S/C6H6BrNO2/c1-8(9)4-5-2-3-6(7)10-5/h2-4H,1H3/b8-4+. The smallest absolute Gasteiger partial charge is 0.217 e. The van der Waals surface area contributed by atoms with Crippen LogP contribution in [0.1, 0.15) is 5.76 Å². The Labute approximate surface area is 66.7 Å². The quantitative estimate of drug-likeness (QED) is 0.301. The maximum atomic E-state index is 10.4. The SMILES string of the molecule is C/[N+]([O-])=C\c1ccc(Br)o1. The lowest BCUT2D eigenvalue weighted by atomic mass is 10.5. The highest BCUT2D eigenvalue weighted by Gasteiger charge is 1.97. The van der Waals surface area contributed by atoms with E-state index in [1.807, 2.05) is 0 Å². The van der Waals surface area contributed by atoms with Crippen LogP contribution in [0.5, 0.6) is 0 Å². The first-order valence-corrected chi connectivity index (χ1v) is 3.48. The number of nitrogens with zero attached hydrogens (tertiary/aromatic N) is 1. The molecule has 0 atom stereocenters. The van der Waals surface area contributed by atoms with Crippen LogP contribution >= 0.6 is 15.9 Å². The summed E-state index contributed by atoms with van der Waals surface area (Å²) in [5.74, 6) is 0.546. The predicted octanol–water partition coefficient (Wildman–Crippen LogP) is 1.60. The highest BCUT2D eigenvalue weighted by atomic mass is 79.9. The zero-order chi connectivity index (χ0) is 7.56. The summed E-state index contributed by atoms with van der Waals surface area (Å²) < 4.78 is 6.33. The fourth-order valence-electron chi connectivity index (χ4n) is 0.577. The van der Waals surface area contributed by atoms with Crippen LogP contribution in [0, 0.1) is 5.21 Å². The van der Waals surface area contributed by atoms with Gasteiger partial charge in [-0.25, -0.2) is 4.74 Å². The molecule has 0 saturated heterocycles. The van der Waals surface area contributed by atoms with E-state index < -0.39 is 0 Å². The monoisotopic (exact) mass is 203 g/mol. The molecule has 0 aliphatic rings. The van der Waals surface area contributed by atoms with Crippen LogP contribution in [0.2, 0.25) is 0 Å². The van der Waals surface area contributed by atoms with Gasteiger partial charge in [-0.3, -0.25) is 0 Å². The van der Waals surface area contributed by atoms with Crippen molar-refractivity contribution >= 4 is 22.1 Å². The second-order valence-corrected chi connectivity index (χ2v) is 2.60. The van der Waals surface area contributed by atoms with Gasteiger partial charge in [0, 0.05) is 0 Å². The number of furan rings is 1. The lowest BCUT2D eigenvalue weighted by Crippen LogP contribution is -1.95. The zero-order valence-electron chi connectivity index (χ0n) is 5.37. The first kappa shape index (κ1) is 7.34. The second-order valence-electron chi connectivity index (χ2n) is 1.82. The van der Waals surface area contributed by atoms with Crippen molar-refractivity contribution in [2.24, 2.45) is 0 Å². The second kappa shape index (κ2) is 2.88. The van der Waals surface area contributed by atoms with E-state index in [2.05, 4.69) is 15.9 Å². The Bertz CT molecular complexity index is 250. The number of hydroxylamine groups is 1. The van der Waals surface area contributed by atoms with Gasteiger partial charge < -0.3 is 9.62 Å². The Morgan fingerprint density at radius 1 is 1.70 bits per heavy atom. The van der Waals surface area contributed by atoms with Crippen LogP contribution in [0.4, 0.5) is 0 Å². The van der Waals surface area contributed by atoms with Gasteiger partial charge in [-0.1, -0.05) is 0 Å². The van der Waals surface area contributed by atoms with E-state index in [-0.39, 0.29) is 0 Å². The summed E-state index contributed by atoms with van der Waals surface area (Å²) in [6.07, 6.45) is 1.35. The van der Waals surface area contributed by atoms with Crippen molar-refractivity contribution in [1.29, 1.82) is 0 Å². The third kappa shape index (κ3) is 1.88. The third-order valence-electron chi connectivity index (χ3n) is 0.903. The minimum atomic E-state index is 0.546. The molecule has 0 radical (unpaired) electrons. The van der Waals surface area contributed by atoms with Crippen molar-refractivity contribution in [2.75, 3.05) is 7.05 Å². The maximum absolute atomic E-state index is 10.4. The van der Waals surface area contributed by atoms with Gasteiger partial charge in [0.25, 0.3) is 0 Å². The molecule has 0 aromatic carbocycles. The van der Waals surface area contributed by atoms with E-state index in [0.717, 1.165) is 0 Å². The van der Waals surface area contributed by atoms with Crippen LogP contribution in [-0.2, 0) is 0 Å². The molecule has 1 heterocycles. The summed E-state index contributed by atoms with van der Waals surface area (Å²) in [6, 6.07) is 3.44. The van der Waals surface area contributed by atoms with E-state index in [9.17, 15) is 5.21 Å². The van der Waals surface area contributed by atoms with Gasteiger partial charge in [0.15, 0.2) is 10.4 Å². The first-order chi connectivity index (χ1) is 4.68. The number of halogens is 1. The molecule has 1 aromatic rings. The molecule has 0 aliphatic heterocycles. The Kier molecular flexibility index (Phi) is 2.11. The van der Waals surface area contributed by atoms with E-state index in [1.54, 1.807) is 12.1 Å². The topological polar surface area (TPSA) is 39.2 Å². The van der Waals surface area contributed by atoms with Crippen LogP contribution in [0.25, 0.3) is 0 Å². The molecule has 0 bridgehead atoms. The Balaban J connectivity index is 2.86. The Morgan fingerprint density at radius 2 is 2.40 bits per heavy atom. The molecule has 1 rings (SSSR count). The van der Waals surface area contributed by atoms with Crippen molar-refractivity contribution < 1.29 is 9.16 Å². The van der Waals surface area contributed by atoms with Gasteiger partial charge in [-0.2, -0.15) is 0 Å². The van der Waals surface area contributed by atoms with E-state index in [4.69, 9.17) is 4.42 Å². The molecule has 0 aliphatic carbocycles. The van der Waals surface area contributed by atoms with E-state index in [0.29, 0.717) is 15.2 Å². The average molecular weight is 204 g/mol. The maximum Gasteiger partial charge on any atom is 0.217 e. The summed E-state index contributed by atoms with van der Waals surface area (Å²) in [5, 5.41) is 10.4. The normalized spacial score (nSPS) is 12.0. The minimum absolute atomic E-state index is 0.546. The molecule has 0 saturated carbocycles. The van der Waals surface area contributed by atoms with Gasteiger partial charge in [-0.05, 0) is 28.1 Å². The summed E-state index contributed by atoms with van der Waals surface area (Å²) in [5.41, 5.74) is 0. The van der Waals surface area contributed by atoms with Gasteiger partial charge in [0.2, 0.25) is 6.21 Å². The van der Waals surface area contributed by atoms with Crippen molar-refractivity contribution in [2.45, 2.75) is 0 Å². The third-order valence-corrected chi connectivity index (χ3v) is 1.33. The lowest BCUT2D eigenvalue weighted by molar-refractivity contribution is -0.417. The molecular weight excluding hydrogens is 198 g/mol. The molecule has 0 fully saturated rings. The number of hydrogen-bond acceptors (Lipinski definition) is 2. The summed E-state index contributed by atoms with van der Waals surface area (Å²) in [6.45, 7) is 0. The average Bonchev–Trinajstić information content (AvgIpc) is 2.13. The highest BCUT2D eigenvalue weighted by molar-refractivity contribution is 9.10. The fourth-order valence-corrected chi connectivity index (χ4v) is 0.896. The molecule has 54 valence electrons. The molecule has 0 N–H and O–H groups in total. The van der Waals surface area contributed by atoms with Gasteiger partial charge in [0.1, 0.15) is 7.05 Å². The molecule has 0 unspecified atom stereocenters. The summed E-state index contributed by atoms with van der Waals surface area (Å²) in [4.78, 5) is 0. The van der Waals surface area contributed by atoms with Crippen LogP contribution < -0.4 is 0 Å². The van der Waals surface area contributed by atoms with Crippen molar-refractivity contribution in [1.82, 2.24) is 0 Å². The van der Waals surface area contributed by atoms with E-state index >= 15 is 0 Å². The summed E-state index contributed by atoms with van der Waals surface area (Å²) in [7, 11) is 1.40. The van der Waals surface area contributed by atoms with Crippen LogP contribution in [-0.4, -0.2) is 18.0 Å². The molecule has 3 nitrogen and oxygen atoms in total. The largest absolute Gasteiger partial charge is 0.624 e. The van der Waals surface area contributed by atoms with Crippen molar-refractivity contribution in [3.05, 3.63) is 27.8 Å². The Morgan fingerprint density at radius 3 is 2.80 bits per heavy atom. The van der Waals surface area contributed by atoms with E-state index in [1.165, 1.54) is 13.3 Å². The predicted molar refractivity (Wildman–Crippen MR) is 41.1 cm³/mol. The molecule has 4 heteroatoms. The van der Waals surface area contributed by atoms with Gasteiger partial charge >= 0.3 is 0 Å². The van der Waals surface area contributed by atoms with Crippen molar-refractivity contribution in [3.63, 3.8) is 0 Å². The van der Waals surface area contributed by atoms with Crippen LogP contribution in [0.3, 0.4) is 0 Å².